The molecule has 1 heterocycles. The van der Waals surface area contributed by atoms with Gasteiger partial charge in [0.25, 0.3) is 0 Å². The summed E-state index contributed by atoms with van der Waals surface area (Å²) in [7, 11) is 0. The molecule has 28 heavy (non-hydrogen) atoms. The number of benzene rings is 2. The Hall–Kier alpha value is -3.00. The highest BCUT2D eigenvalue weighted by molar-refractivity contribution is 7.99. The first-order valence-corrected chi connectivity index (χ1v) is 9.95. The highest BCUT2D eigenvalue weighted by atomic mass is 32.2. The summed E-state index contributed by atoms with van der Waals surface area (Å²) in [5.41, 5.74) is 3.03. The fraction of sp³-hybridized carbons (Fsp3) is 0.250. The fourth-order valence-corrected chi connectivity index (χ4v) is 3.35. The molecule has 0 aliphatic carbocycles. The first-order chi connectivity index (χ1) is 13.6. The minimum Gasteiger partial charge on any atom is -0.486 e. The lowest BCUT2D eigenvalue weighted by molar-refractivity contribution is -0.113. The standard InChI is InChI=1S/C20H23N5O2S/c1-3-15-9-7-8-14(2)19(15)22-18(26)13-28-20-24-23-17(25(20)21)12-27-16-10-5-4-6-11-16/h4-11H,3,12-13,21H2,1-2H3,(H,22,26). The van der Waals surface area contributed by atoms with E-state index in [0.29, 0.717) is 11.0 Å². The number of aryl methyl sites for hydroxylation is 2. The number of rotatable bonds is 8. The molecular weight excluding hydrogens is 374 g/mol. The summed E-state index contributed by atoms with van der Waals surface area (Å²) >= 11 is 1.23. The van der Waals surface area contributed by atoms with Gasteiger partial charge in [-0.3, -0.25) is 4.79 Å². The summed E-state index contributed by atoms with van der Waals surface area (Å²) in [6.07, 6.45) is 0.854. The van der Waals surface area contributed by atoms with E-state index in [1.807, 2.05) is 55.5 Å². The van der Waals surface area contributed by atoms with E-state index in [1.165, 1.54) is 16.4 Å². The van der Waals surface area contributed by atoms with E-state index < -0.39 is 0 Å². The highest BCUT2D eigenvalue weighted by Crippen LogP contribution is 2.22. The maximum absolute atomic E-state index is 12.4. The average molecular weight is 398 g/mol. The monoisotopic (exact) mass is 397 g/mol. The van der Waals surface area contributed by atoms with Gasteiger partial charge in [0.2, 0.25) is 11.1 Å². The molecule has 0 atom stereocenters. The van der Waals surface area contributed by atoms with Gasteiger partial charge in [0.1, 0.15) is 12.4 Å². The molecule has 0 unspecified atom stereocenters. The Morgan fingerprint density at radius 1 is 1.18 bits per heavy atom. The second-order valence-corrected chi connectivity index (χ2v) is 7.11. The van der Waals surface area contributed by atoms with Crippen LogP contribution in [0.1, 0.15) is 23.9 Å². The van der Waals surface area contributed by atoms with E-state index in [1.54, 1.807) is 0 Å². The van der Waals surface area contributed by atoms with E-state index in [2.05, 4.69) is 22.4 Å². The third-order valence-electron chi connectivity index (χ3n) is 4.18. The van der Waals surface area contributed by atoms with Crippen LogP contribution >= 0.6 is 11.8 Å². The van der Waals surface area contributed by atoms with Crippen molar-refractivity contribution < 1.29 is 9.53 Å². The average Bonchev–Trinajstić information content (AvgIpc) is 3.06. The third-order valence-corrected chi connectivity index (χ3v) is 5.13. The molecule has 8 heteroatoms. The number of anilines is 1. The number of aromatic nitrogens is 3. The normalized spacial score (nSPS) is 10.6. The van der Waals surface area contributed by atoms with Gasteiger partial charge in [-0.2, -0.15) is 0 Å². The van der Waals surface area contributed by atoms with Crippen LogP contribution in [0.4, 0.5) is 5.69 Å². The maximum atomic E-state index is 12.4. The van der Waals surface area contributed by atoms with Gasteiger partial charge in [-0.05, 0) is 36.6 Å². The molecule has 3 N–H and O–H groups in total. The maximum Gasteiger partial charge on any atom is 0.234 e. The zero-order chi connectivity index (χ0) is 19.9. The SMILES string of the molecule is CCc1cccc(C)c1NC(=O)CSc1nnc(COc2ccccc2)n1N. The number of para-hydroxylation sites is 2. The number of nitrogens with one attached hydrogen (secondary N) is 1. The van der Waals surface area contributed by atoms with Crippen LogP contribution in [0.2, 0.25) is 0 Å². The van der Waals surface area contributed by atoms with Crippen molar-refractivity contribution in [1.82, 2.24) is 14.9 Å². The number of nitrogens with zero attached hydrogens (tertiary/aromatic N) is 3. The van der Waals surface area contributed by atoms with E-state index in [-0.39, 0.29) is 18.3 Å². The molecule has 3 rings (SSSR count). The summed E-state index contributed by atoms with van der Waals surface area (Å²) in [6, 6.07) is 15.4. The number of hydrogen-bond acceptors (Lipinski definition) is 6. The van der Waals surface area contributed by atoms with Crippen molar-refractivity contribution in [3.8, 4) is 5.75 Å². The summed E-state index contributed by atoms with van der Waals surface area (Å²) in [5.74, 6) is 7.32. The number of ether oxygens (including phenoxy) is 1. The van der Waals surface area contributed by atoms with Crippen LogP contribution in [0.3, 0.4) is 0 Å². The molecule has 0 aliphatic rings. The van der Waals surface area contributed by atoms with Gasteiger partial charge in [-0.25, -0.2) is 4.68 Å². The fourth-order valence-electron chi connectivity index (χ4n) is 2.68. The van der Waals surface area contributed by atoms with Crippen LogP contribution in [0.5, 0.6) is 5.75 Å². The van der Waals surface area contributed by atoms with Crippen molar-refractivity contribution in [2.45, 2.75) is 32.0 Å². The van der Waals surface area contributed by atoms with Crippen LogP contribution < -0.4 is 15.9 Å². The van der Waals surface area contributed by atoms with Crippen LogP contribution in [0.15, 0.2) is 53.7 Å². The van der Waals surface area contributed by atoms with E-state index in [9.17, 15) is 4.79 Å². The quantitative estimate of drug-likeness (QED) is 0.448. The minimum absolute atomic E-state index is 0.112. The lowest BCUT2D eigenvalue weighted by Gasteiger charge is -2.12. The largest absolute Gasteiger partial charge is 0.486 e. The zero-order valence-corrected chi connectivity index (χ0v) is 16.7. The molecule has 0 aliphatic heterocycles. The van der Waals surface area contributed by atoms with Crippen LogP contribution in [0, 0.1) is 6.92 Å². The Labute approximate surface area is 168 Å². The molecule has 1 amide bonds. The van der Waals surface area contributed by atoms with Crippen molar-refractivity contribution in [3.63, 3.8) is 0 Å². The van der Waals surface area contributed by atoms with Gasteiger partial charge in [-0.1, -0.05) is 55.1 Å². The Balaban J connectivity index is 1.56. The predicted molar refractivity (Wildman–Crippen MR) is 111 cm³/mol. The van der Waals surface area contributed by atoms with Crippen LogP contribution in [-0.4, -0.2) is 26.5 Å². The van der Waals surface area contributed by atoms with Crippen molar-refractivity contribution in [1.29, 1.82) is 0 Å². The lowest BCUT2D eigenvalue weighted by Crippen LogP contribution is -2.19. The topological polar surface area (TPSA) is 95.1 Å². The van der Waals surface area contributed by atoms with E-state index >= 15 is 0 Å². The van der Waals surface area contributed by atoms with Crippen molar-refractivity contribution in [2.75, 3.05) is 16.9 Å². The van der Waals surface area contributed by atoms with Gasteiger partial charge in [0.15, 0.2) is 5.82 Å². The molecule has 0 saturated heterocycles. The Kier molecular flexibility index (Phi) is 6.54. The summed E-state index contributed by atoms with van der Waals surface area (Å²) in [6.45, 7) is 4.25. The Bertz CT molecular complexity index is 943. The molecule has 0 radical (unpaired) electrons. The predicted octanol–water partition coefficient (Wildman–Crippen LogP) is 3.17. The molecule has 0 bridgehead atoms. The number of nitrogens with two attached hydrogens (primary N) is 1. The van der Waals surface area contributed by atoms with Gasteiger partial charge in [0.05, 0.1) is 5.75 Å². The lowest BCUT2D eigenvalue weighted by atomic mass is 10.1. The van der Waals surface area contributed by atoms with Gasteiger partial charge in [0, 0.05) is 5.69 Å². The van der Waals surface area contributed by atoms with Gasteiger partial charge in [-0.15, -0.1) is 10.2 Å². The molecule has 1 aromatic heterocycles. The molecule has 2 aromatic carbocycles. The molecule has 0 fully saturated rings. The zero-order valence-electron chi connectivity index (χ0n) is 15.9. The Morgan fingerprint density at radius 3 is 2.71 bits per heavy atom. The second kappa shape index (κ2) is 9.27. The van der Waals surface area contributed by atoms with Gasteiger partial charge < -0.3 is 15.9 Å². The number of carbonyl (C=O) groups is 1. The molecule has 146 valence electrons. The highest BCUT2D eigenvalue weighted by Gasteiger charge is 2.14. The third kappa shape index (κ3) is 4.83. The second-order valence-electron chi connectivity index (χ2n) is 6.17. The molecule has 7 nitrogen and oxygen atoms in total. The van der Waals surface area contributed by atoms with Crippen LogP contribution in [-0.2, 0) is 17.8 Å². The number of carbonyl (C=O) groups excluding carboxylic acids is 1. The number of hydrogen-bond donors (Lipinski definition) is 2. The smallest absolute Gasteiger partial charge is 0.234 e. The van der Waals surface area contributed by atoms with Crippen molar-refractivity contribution >= 4 is 23.4 Å². The summed E-state index contributed by atoms with van der Waals surface area (Å²) in [4.78, 5) is 12.4. The molecule has 0 saturated carbocycles. The number of nitrogen functional groups attached to an aromatic ring is 1. The first-order valence-electron chi connectivity index (χ1n) is 8.96. The molecule has 0 spiro atoms. The molecular formula is C20H23N5O2S. The minimum atomic E-state index is -0.112. The van der Waals surface area contributed by atoms with Crippen molar-refractivity contribution in [2.24, 2.45) is 0 Å². The van der Waals surface area contributed by atoms with E-state index in [4.69, 9.17) is 10.6 Å². The first kappa shape index (κ1) is 19.8. The number of thioether (sulfide) groups is 1. The van der Waals surface area contributed by atoms with Crippen LogP contribution in [0.25, 0.3) is 0 Å². The number of amides is 1. The van der Waals surface area contributed by atoms with E-state index in [0.717, 1.165) is 29.0 Å². The van der Waals surface area contributed by atoms with Gasteiger partial charge >= 0.3 is 0 Å². The molecule has 3 aromatic rings. The Morgan fingerprint density at radius 2 is 1.96 bits per heavy atom. The summed E-state index contributed by atoms with van der Waals surface area (Å²) in [5, 5.41) is 11.5. The van der Waals surface area contributed by atoms with Crippen molar-refractivity contribution in [3.05, 3.63) is 65.5 Å². The summed E-state index contributed by atoms with van der Waals surface area (Å²) < 4.78 is 6.99.